The zero-order valence-corrected chi connectivity index (χ0v) is 17.8. The quantitative estimate of drug-likeness (QED) is 0.640. The predicted octanol–water partition coefficient (Wildman–Crippen LogP) is 3.90. The van der Waals surface area contributed by atoms with Gasteiger partial charge >= 0.3 is 0 Å². The molecule has 8 nitrogen and oxygen atoms in total. The number of rotatable bonds is 4. The number of nitrogens with one attached hydrogen (secondary N) is 2. The summed E-state index contributed by atoms with van der Waals surface area (Å²) in [6.45, 7) is 3.86. The van der Waals surface area contributed by atoms with Crippen molar-refractivity contribution in [1.82, 2.24) is 9.97 Å². The molecule has 8 heteroatoms. The number of aromatic nitrogens is 2. The minimum Gasteiger partial charge on any atom is -0.483 e. The molecule has 1 atom stereocenters. The van der Waals surface area contributed by atoms with Crippen LogP contribution in [0.15, 0.2) is 30.6 Å². The summed E-state index contributed by atoms with van der Waals surface area (Å²) in [5.41, 5.74) is 3.43. The molecule has 1 aliphatic heterocycles. The lowest BCUT2D eigenvalue weighted by molar-refractivity contribution is -0.123. The molecule has 0 spiro atoms. The normalized spacial score (nSPS) is 17.9. The summed E-state index contributed by atoms with van der Waals surface area (Å²) in [7, 11) is 0. The third kappa shape index (κ3) is 5.45. The average Bonchev–Trinajstić information content (AvgIpc) is 3.29. The lowest BCUT2D eigenvalue weighted by Gasteiger charge is -2.26. The van der Waals surface area contributed by atoms with E-state index >= 15 is 0 Å². The van der Waals surface area contributed by atoms with Crippen LogP contribution in [-0.2, 0) is 14.4 Å². The first kappa shape index (κ1) is 22.4. The molecule has 31 heavy (non-hydrogen) atoms. The molecule has 1 aromatic carbocycles. The molecule has 3 N–H and O–H groups in total. The first-order valence-corrected chi connectivity index (χ1v) is 10.6. The van der Waals surface area contributed by atoms with Crippen LogP contribution in [0.4, 0.5) is 11.4 Å². The zero-order valence-electron chi connectivity index (χ0n) is 17.8. The van der Waals surface area contributed by atoms with Crippen molar-refractivity contribution in [3.8, 4) is 0 Å². The third-order valence-electron chi connectivity index (χ3n) is 5.70. The number of carbonyl (C=O) groups excluding carboxylic acids is 2. The maximum atomic E-state index is 12.4. The van der Waals surface area contributed by atoms with Crippen molar-refractivity contribution >= 4 is 29.7 Å². The van der Waals surface area contributed by atoms with Crippen LogP contribution >= 0.6 is 0 Å². The molecule has 164 valence electrons. The van der Waals surface area contributed by atoms with Crippen molar-refractivity contribution in [3.63, 3.8) is 0 Å². The molecule has 2 amide bonds. The highest BCUT2D eigenvalue weighted by atomic mass is 16.3. The fraction of sp³-hybridized carbons (Fsp3) is 0.435. The van der Waals surface area contributed by atoms with Crippen LogP contribution in [0.2, 0.25) is 0 Å². The van der Waals surface area contributed by atoms with Crippen LogP contribution in [0, 0.1) is 5.92 Å². The van der Waals surface area contributed by atoms with Gasteiger partial charge in [-0.2, -0.15) is 0 Å². The van der Waals surface area contributed by atoms with Gasteiger partial charge in [-0.3, -0.25) is 14.4 Å². The van der Waals surface area contributed by atoms with E-state index in [2.05, 4.69) is 34.4 Å². The SMILES string of the molecule is CC(C)c1ncc(C2CC(=O)Nc3cc(NC(=O)C4CCCC4)ccc32)cn1.O=CO. The van der Waals surface area contributed by atoms with Gasteiger partial charge in [0.15, 0.2) is 0 Å². The molecule has 4 rings (SSSR count). The van der Waals surface area contributed by atoms with Gasteiger partial charge in [-0.1, -0.05) is 32.8 Å². The smallest absolute Gasteiger partial charge is 0.290 e. The molecule has 0 radical (unpaired) electrons. The second kappa shape index (κ2) is 10.1. The molecule has 0 bridgehead atoms. The molecule has 1 unspecified atom stereocenters. The number of hydrogen-bond donors (Lipinski definition) is 3. The topological polar surface area (TPSA) is 121 Å². The molecule has 1 saturated carbocycles. The second-order valence-electron chi connectivity index (χ2n) is 8.21. The standard InChI is InChI=1S/C22H26N4O2.CH2O2/c1-13(2)21-23-11-15(12-24-21)18-10-20(27)26-19-9-16(7-8-17(18)19)25-22(28)14-5-3-4-6-14;2-1-3/h7-9,11-14,18H,3-6,10H2,1-2H3,(H,25,28)(H,26,27);1H,(H,2,3). The molecule has 2 aromatic rings. The summed E-state index contributed by atoms with van der Waals surface area (Å²) in [6, 6.07) is 5.76. The van der Waals surface area contributed by atoms with Gasteiger partial charge in [-0.05, 0) is 36.1 Å². The molecule has 1 fully saturated rings. The number of nitrogens with zero attached hydrogens (tertiary/aromatic N) is 2. The molecule has 1 aliphatic carbocycles. The number of carboxylic acid groups (broad SMARTS) is 1. The monoisotopic (exact) mass is 424 g/mol. The third-order valence-corrected chi connectivity index (χ3v) is 5.70. The Hall–Kier alpha value is -3.29. The average molecular weight is 425 g/mol. The van der Waals surface area contributed by atoms with Gasteiger partial charge in [0.2, 0.25) is 11.8 Å². The molecular weight excluding hydrogens is 396 g/mol. The first-order chi connectivity index (χ1) is 14.9. The number of hydrogen-bond acceptors (Lipinski definition) is 5. The van der Waals surface area contributed by atoms with Crippen molar-refractivity contribution in [3.05, 3.63) is 47.5 Å². The van der Waals surface area contributed by atoms with E-state index < -0.39 is 0 Å². The summed E-state index contributed by atoms with van der Waals surface area (Å²) in [4.78, 5) is 42.0. The highest BCUT2D eigenvalue weighted by Gasteiger charge is 2.28. The van der Waals surface area contributed by atoms with Crippen LogP contribution in [0.3, 0.4) is 0 Å². The number of carbonyl (C=O) groups is 3. The van der Waals surface area contributed by atoms with E-state index in [0.717, 1.165) is 54.0 Å². The van der Waals surface area contributed by atoms with E-state index in [4.69, 9.17) is 9.90 Å². The van der Waals surface area contributed by atoms with Gasteiger partial charge in [-0.15, -0.1) is 0 Å². The minimum absolute atomic E-state index is 0.0373. The van der Waals surface area contributed by atoms with E-state index in [9.17, 15) is 9.59 Å². The summed E-state index contributed by atoms with van der Waals surface area (Å²) in [5.74, 6) is 1.13. The predicted molar refractivity (Wildman–Crippen MR) is 117 cm³/mol. The van der Waals surface area contributed by atoms with Crippen molar-refractivity contribution in [2.24, 2.45) is 5.92 Å². The number of fused-ring (bicyclic) bond motifs is 1. The van der Waals surface area contributed by atoms with Crippen LogP contribution in [-0.4, -0.2) is 33.4 Å². The molecule has 2 aliphatic rings. The Balaban J connectivity index is 0.000000858. The Morgan fingerprint density at radius 1 is 1.23 bits per heavy atom. The van der Waals surface area contributed by atoms with Gasteiger partial charge in [0.1, 0.15) is 5.82 Å². The zero-order chi connectivity index (χ0) is 22.4. The highest BCUT2D eigenvalue weighted by Crippen LogP contribution is 2.38. The number of benzene rings is 1. The van der Waals surface area contributed by atoms with E-state index in [0.29, 0.717) is 6.42 Å². The van der Waals surface area contributed by atoms with Gasteiger partial charge in [0.25, 0.3) is 6.47 Å². The Morgan fingerprint density at radius 3 is 2.48 bits per heavy atom. The minimum atomic E-state index is -0.250. The van der Waals surface area contributed by atoms with Crippen LogP contribution in [0.5, 0.6) is 0 Å². The van der Waals surface area contributed by atoms with Gasteiger partial charge in [0, 0.05) is 47.9 Å². The Labute approximate surface area is 181 Å². The van der Waals surface area contributed by atoms with E-state index in [1.54, 1.807) is 0 Å². The fourth-order valence-electron chi connectivity index (χ4n) is 4.10. The fourth-order valence-corrected chi connectivity index (χ4v) is 4.10. The van der Waals surface area contributed by atoms with Crippen LogP contribution < -0.4 is 10.6 Å². The molecule has 0 saturated heterocycles. The van der Waals surface area contributed by atoms with E-state index in [1.165, 1.54) is 0 Å². The lowest BCUT2D eigenvalue weighted by Crippen LogP contribution is -2.25. The number of anilines is 2. The second-order valence-corrected chi connectivity index (χ2v) is 8.21. The van der Waals surface area contributed by atoms with E-state index in [1.807, 2.05) is 30.6 Å². The Morgan fingerprint density at radius 2 is 1.87 bits per heavy atom. The molecular formula is C23H28N4O4. The first-order valence-electron chi connectivity index (χ1n) is 10.6. The van der Waals surface area contributed by atoms with Gasteiger partial charge in [-0.25, -0.2) is 9.97 Å². The number of amides is 2. The lowest BCUT2D eigenvalue weighted by atomic mass is 9.86. The van der Waals surface area contributed by atoms with Crippen molar-refractivity contribution < 1.29 is 19.5 Å². The Bertz CT molecular complexity index is 937. The maximum absolute atomic E-state index is 12.4. The summed E-state index contributed by atoms with van der Waals surface area (Å²) < 4.78 is 0. The van der Waals surface area contributed by atoms with E-state index in [-0.39, 0.29) is 36.0 Å². The van der Waals surface area contributed by atoms with Crippen LogP contribution in [0.1, 0.15) is 74.7 Å². The summed E-state index contributed by atoms with van der Waals surface area (Å²) in [6.07, 6.45) is 8.18. The maximum Gasteiger partial charge on any atom is 0.290 e. The van der Waals surface area contributed by atoms with Crippen molar-refractivity contribution in [2.75, 3.05) is 10.6 Å². The van der Waals surface area contributed by atoms with Gasteiger partial charge < -0.3 is 15.7 Å². The van der Waals surface area contributed by atoms with Crippen molar-refractivity contribution in [1.29, 1.82) is 0 Å². The molecule has 2 heterocycles. The summed E-state index contributed by atoms with van der Waals surface area (Å²) >= 11 is 0. The summed E-state index contributed by atoms with van der Waals surface area (Å²) in [5, 5.41) is 12.8. The highest BCUT2D eigenvalue weighted by molar-refractivity contribution is 5.98. The van der Waals surface area contributed by atoms with Crippen molar-refractivity contribution in [2.45, 2.75) is 57.8 Å². The Kier molecular flexibility index (Phi) is 7.33. The van der Waals surface area contributed by atoms with Gasteiger partial charge in [0.05, 0.1) is 0 Å². The molecule has 1 aromatic heterocycles. The largest absolute Gasteiger partial charge is 0.483 e. The van der Waals surface area contributed by atoms with Crippen LogP contribution in [0.25, 0.3) is 0 Å².